The number of aryl methyl sites for hydroxylation is 3. The van der Waals surface area contributed by atoms with Crippen LogP contribution in [0.1, 0.15) is 49.6 Å². The Morgan fingerprint density at radius 2 is 1.88 bits per heavy atom. The summed E-state index contributed by atoms with van der Waals surface area (Å²) in [6, 6.07) is 11.6. The Kier molecular flexibility index (Phi) is 6.27. The predicted octanol–water partition coefficient (Wildman–Crippen LogP) is 3.98. The fourth-order valence-electron chi connectivity index (χ4n) is 4.14. The number of carbonyl (C=O) groups excluding carboxylic acids is 1. The van der Waals surface area contributed by atoms with Crippen molar-refractivity contribution in [3.8, 4) is 0 Å². The lowest BCUT2D eigenvalue weighted by atomic mass is 10.00. The van der Waals surface area contributed by atoms with E-state index in [1.807, 2.05) is 51.1 Å². The van der Waals surface area contributed by atoms with Gasteiger partial charge in [0, 0.05) is 53.4 Å². The number of nitrogens with zero attached hydrogens (tertiary/aromatic N) is 3. The predicted molar refractivity (Wildman–Crippen MR) is 136 cm³/mol. The topological polar surface area (TPSA) is 120 Å². The van der Waals surface area contributed by atoms with E-state index in [0.717, 1.165) is 50.3 Å². The van der Waals surface area contributed by atoms with Gasteiger partial charge in [-0.2, -0.15) is 0 Å². The number of carbonyl (C=O) groups is 1. The van der Waals surface area contributed by atoms with Gasteiger partial charge in [-0.15, -0.1) is 0 Å². The summed E-state index contributed by atoms with van der Waals surface area (Å²) in [5.41, 5.74) is 20.1. The molecule has 4 aromatic rings. The third-order valence-corrected chi connectivity index (χ3v) is 5.85. The van der Waals surface area contributed by atoms with E-state index in [4.69, 9.17) is 11.5 Å². The standard InChI is InChI=1S/C27H28N6O/c1-15-7-21-9-19(11-23(27(29)34)26(21)32-13-15)10-22-12-20(5-6-30-22)17(3)31-14-24-16(2)8-25(28)33-18(24)4/h5-9,11-13,31H,3,10,14H2,1-2,4H3,(H2,28,33)(H2,29,34). The summed E-state index contributed by atoms with van der Waals surface area (Å²) in [7, 11) is 0. The van der Waals surface area contributed by atoms with Gasteiger partial charge in [0.1, 0.15) is 5.82 Å². The highest BCUT2D eigenvalue weighted by Gasteiger charge is 2.12. The smallest absolute Gasteiger partial charge is 0.250 e. The largest absolute Gasteiger partial charge is 0.384 e. The summed E-state index contributed by atoms with van der Waals surface area (Å²) in [4.78, 5) is 25.3. The molecule has 7 nitrogen and oxygen atoms in total. The minimum absolute atomic E-state index is 0.414. The van der Waals surface area contributed by atoms with Crippen molar-refractivity contribution in [1.29, 1.82) is 0 Å². The molecule has 0 bridgehead atoms. The van der Waals surface area contributed by atoms with Crippen molar-refractivity contribution in [3.05, 3.63) is 100 Å². The molecular formula is C27H28N6O. The second kappa shape index (κ2) is 9.31. The van der Waals surface area contributed by atoms with Crippen LogP contribution in [0.2, 0.25) is 0 Å². The molecule has 1 aromatic carbocycles. The average Bonchev–Trinajstić information content (AvgIpc) is 2.77. The summed E-state index contributed by atoms with van der Waals surface area (Å²) in [5.74, 6) is 0.0284. The van der Waals surface area contributed by atoms with Gasteiger partial charge in [0.2, 0.25) is 0 Å². The molecule has 0 spiro atoms. The number of fused-ring (bicyclic) bond motifs is 1. The number of benzene rings is 1. The first kappa shape index (κ1) is 22.9. The Morgan fingerprint density at radius 3 is 2.62 bits per heavy atom. The van der Waals surface area contributed by atoms with E-state index in [1.54, 1.807) is 18.5 Å². The van der Waals surface area contributed by atoms with Gasteiger partial charge >= 0.3 is 0 Å². The number of nitrogen functional groups attached to an aromatic ring is 1. The second-order valence-electron chi connectivity index (χ2n) is 8.56. The van der Waals surface area contributed by atoms with Gasteiger partial charge < -0.3 is 16.8 Å². The summed E-state index contributed by atoms with van der Waals surface area (Å²) in [5, 5.41) is 4.27. The molecule has 0 radical (unpaired) electrons. The molecule has 7 heteroatoms. The van der Waals surface area contributed by atoms with Crippen LogP contribution in [0.25, 0.3) is 16.6 Å². The normalized spacial score (nSPS) is 10.9. The van der Waals surface area contributed by atoms with Crippen LogP contribution in [0.5, 0.6) is 0 Å². The second-order valence-corrected chi connectivity index (χ2v) is 8.56. The highest BCUT2D eigenvalue weighted by atomic mass is 16.1. The molecule has 3 aromatic heterocycles. The first-order chi connectivity index (χ1) is 16.2. The third kappa shape index (κ3) is 4.88. The summed E-state index contributed by atoms with van der Waals surface area (Å²) < 4.78 is 0. The molecule has 4 rings (SSSR count). The van der Waals surface area contributed by atoms with E-state index >= 15 is 0 Å². The van der Waals surface area contributed by atoms with Gasteiger partial charge in [0.15, 0.2) is 0 Å². The number of anilines is 1. The van der Waals surface area contributed by atoms with Crippen LogP contribution >= 0.6 is 0 Å². The molecule has 172 valence electrons. The van der Waals surface area contributed by atoms with Gasteiger partial charge in [0.25, 0.3) is 5.91 Å². The number of nitrogens with two attached hydrogens (primary N) is 2. The number of aromatic nitrogens is 3. The van der Waals surface area contributed by atoms with Gasteiger partial charge in [0.05, 0.1) is 11.1 Å². The van der Waals surface area contributed by atoms with Crippen molar-refractivity contribution in [2.75, 3.05) is 5.73 Å². The van der Waals surface area contributed by atoms with Crippen LogP contribution in [0.3, 0.4) is 0 Å². The highest BCUT2D eigenvalue weighted by Crippen LogP contribution is 2.23. The molecule has 0 unspecified atom stereocenters. The van der Waals surface area contributed by atoms with Crippen LogP contribution in [0.15, 0.2) is 55.4 Å². The molecular weight excluding hydrogens is 424 g/mol. The minimum Gasteiger partial charge on any atom is -0.384 e. The number of hydrogen-bond acceptors (Lipinski definition) is 6. The number of pyridine rings is 3. The monoisotopic (exact) mass is 452 g/mol. The molecule has 0 aliphatic rings. The molecule has 0 fully saturated rings. The Hall–Kier alpha value is -4.26. The van der Waals surface area contributed by atoms with E-state index in [-0.39, 0.29) is 0 Å². The number of primary amides is 1. The van der Waals surface area contributed by atoms with Crippen molar-refractivity contribution in [1.82, 2.24) is 20.3 Å². The lowest BCUT2D eigenvalue weighted by Crippen LogP contribution is -2.14. The van der Waals surface area contributed by atoms with Crippen molar-refractivity contribution >= 4 is 28.3 Å². The lowest BCUT2D eigenvalue weighted by molar-refractivity contribution is 0.100. The number of nitrogens with one attached hydrogen (secondary N) is 1. The van der Waals surface area contributed by atoms with Crippen molar-refractivity contribution in [3.63, 3.8) is 0 Å². The fourth-order valence-corrected chi connectivity index (χ4v) is 4.14. The van der Waals surface area contributed by atoms with Crippen LogP contribution < -0.4 is 16.8 Å². The van der Waals surface area contributed by atoms with Crippen molar-refractivity contribution in [2.45, 2.75) is 33.7 Å². The molecule has 0 saturated heterocycles. The SMILES string of the molecule is C=C(NCc1c(C)cc(N)nc1C)c1ccnc(Cc2cc(C(N)=O)c3ncc(C)cc3c2)c1. The third-order valence-electron chi connectivity index (χ3n) is 5.85. The summed E-state index contributed by atoms with van der Waals surface area (Å²) >= 11 is 0. The van der Waals surface area contributed by atoms with E-state index < -0.39 is 5.91 Å². The molecule has 3 heterocycles. The molecule has 0 aliphatic heterocycles. The number of rotatable bonds is 7. The van der Waals surface area contributed by atoms with E-state index in [1.165, 1.54) is 0 Å². The van der Waals surface area contributed by atoms with Gasteiger partial charge in [-0.1, -0.05) is 6.58 Å². The number of amides is 1. The van der Waals surface area contributed by atoms with Crippen LogP contribution in [-0.4, -0.2) is 20.9 Å². The molecule has 0 saturated carbocycles. The zero-order valence-corrected chi connectivity index (χ0v) is 19.6. The summed E-state index contributed by atoms with van der Waals surface area (Å²) in [6.45, 7) is 10.7. The molecule has 1 amide bonds. The van der Waals surface area contributed by atoms with E-state index in [9.17, 15) is 4.79 Å². The Labute approximate surface area is 199 Å². The van der Waals surface area contributed by atoms with Gasteiger partial charge in [-0.05, 0) is 79.4 Å². The van der Waals surface area contributed by atoms with E-state index in [0.29, 0.717) is 29.9 Å². The zero-order valence-electron chi connectivity index (χ0n) is 19.6. The summed E-state index contributed by atoms with van der Waals surface area (Å²) in [6.07, 6.45) is 4.05. The van der Waals surface area contributed by atoms with Crippen molar-refractivity contribution < 1.29 is 4.79 Å². The highest BCUT2D eigenvalue weighted by molar-refractivity contribution is 6.05. The first-order valence-electron chi connectivity index (χ1n) is 11.0. The average molecular weight is 453 g/mol. The molecule has 0 atom stereocenters. The van der Waals surface area contributed by atoms with Gasteiger partial charge in [-0.25, -0.2) is 4.98 Å². The molecule has 34 heavy (non-hydrogen) atoms. The fraction of sp³-hybridized carbons (Fsp3) is 0.185. The van der Waals surface area contributed by atoms with Gasteiger partial charge in [-0.3, -0.25) is 14.8 Å². The van der Waals surface area contributed by atoms with Crippen molar-refractivity contribution in [2.24, 2.45) is 5.73 Å². The number of hydrogen-bond donors (Lipinski definition) is 3. The quantitative estimate of drug-likeness (QED) is 0.390. The minimum atomic E-state index is -0.495. The Morgan fingerprint density at radius 1 is 1.09 bits per heavy atom. The maximum Gasteiger partial charge on any atom is 0.250 e. The molecule has 0 aliphatic carbocycles. The molecule has 5 N–H and O–H groups in total. The first-order valence-corrected chi connectivity index (χ1v) is 11.0. The zero-order chi connectivity index (χ0) is 24.4. The van der Waals surface area contributed by atoms with Crippen LogP contribution in [0.4, 0.5) is 5.82 Å². The maximum atomic E-state index is 12.0. The maximum absolute atomic E-state index is 12.0. The van der Waals surface area contributed by atoms with Crippen LogP contribution in [-0.2, 0) is 13.0 Å². The van der Waals surface area contributed by atoms with Crippen LogP contribution in [0, 0.1) is 20.8 Å². The van der Waals surface area contributed by atoms with E-state index in [2.05, 4.69) is 26.8 Å². The Balaban J connectivity index is 1.55. The Bertz CT molecular complexity index is 1400. The lowest BCUT2D eigenvalue weighted by Gasteiger charge is -2.14.